The second-order valence-corrected chi connectivity index (χ2v) is 12.2. The molecule has 0 aromatic heterocycles. The number of rotatable bonds is 13. The van der Waals surface area contributed by atoms with E-state index in [1.165, 1.54) is 23.1 Å². The Morgan fingerprint density at radius 2 is 1.55 bits per heavy atom. The molecule has 3 aromatic carbocycles. The SMILES string of the molecule is CCCCNC(=O)[C@H](CC)N(Cc1c(Cl)cccc1Cl)C(=O)CN(c1cccc(Cl)c1)S(=O)(=O)c1ccccc1. The molecule has 1 atom stereocenters. The Balaban J connectivity index is 2.07. The van der Waals surface area contributed by atoms with E-state index in [2.05, 4.69) is 5.32 Å². The molecule has 0 aliphatic heterocycles. The maximum absolute atomic E-state index is 14.1. The van der Waals surface area contributed by atoms with Crippen LogP contribution in [0.5, 0.6) is 0 Å². The molecule has 0 unspecified atom stereocenters. The molecule has 0 spiro atoms. The van der Waals surface area contributed by atoms with E-state index in [-0.39, 0.29) is 29.5 Å². The molecule has 0 bridgehead atoms. The van der Waals surface area contributed by atoms with Gasteiger partial charge < -0.3 is 10.2 Å². The van der Waals surface area contributed by atoms with Gasteiger partial charge in [0, 0.05) is 33.7 Å². The van der Waals surface area contributed by atoms with E-state index in [1.807, 2.05) is 6.92 Å². The number of halogens is 3. The molecule has 40 heavy (non-hydrogen) atoms. The first-order valence-electron chi connectivity index (χ1n) is 12.9. The van der Waals surface area contributed by atoms with Crippen LogP contribution in [-0.4, -0.2) is 44.3 Å². The van der Waals surface area contributed by atoms with Gasteiger partial charge in [-0.3, -0.25) is 13.9 Å². The van der Waals surface area contributed by atoms with Crippen LogP contribution in [0.4, 0.5) is 5.69 Å². The van der Waals surface area contributed by atoms with Gasteiger partial charge in [-0.25, -0.2) is 8.42 Å². The zero-order chi connectivity index (χ0) is 29.3. The smallest absolute Gasteiger partial charge is 0.264 e. The van der Waals surface area contributed by atoms with E-state index in [4.69, 9.17) is 34.8 Å². The van der Waals surface area contributed by atoms with Gasteiger partial charge in [-0.1, -0.05) is 85.4 Å². The van der Waals surface area contributed by atoms with Crippen LogP contribution < -0.4 is 9.62 Å². The van der Waals surface area contributed by atoms with Crippen molar-refractivity contribution in [2.24, 2.45) is 0 Å². The van der Waals surface area contributed by atoms with Crippen molar-refractivity contribution < 1.29 is 18.0 Å². The van der Waals surface area contributed by atoms with Gasteiger partial charge >= 0.3 is 0 Å². The lowest BCUT2D eigenvalue weighted by molar-refractivity contribution is -0.140. The van der Waals surface area contributed by atoms with Crippen molar-refractivity contribution in [1.29, 1.82) is 0 Å². The average Bonchev–Trinajstić information content (AvgIpc) is 2.93. The highest BCUT2D eigenvalue weighted by atomic mass is 35.5. The second kappa shape index (κ2) is 14.7. The van der Waals surface area contributed by atoms with Crippen LogP contribution in [0.15, 0.2) is 77.7 Å². The number of nitrogens with zero attached hydrogens (tertiary/aromatic N) is 2. The summed E-state index contributed by atoms with van der Waals surface area (Å²) in [6.07, 6.45) is 1.96. The summed E-state index contributed by atoms with van der Waals surface area (Å²) in [4.78, 5) is 28.7. The van der Waals surface area contributed by atoms with Crippen molar-refractivity contribution in [1.82, 2.24) is 10.2 Å². The normalized spacial score (nSPS) is 12.0. The first-order chi connectivity index (χ1) is 19.1. The van der Waals surface area contributed by atoms with Crippen LogP contribution in [0.2, 0.25) is 15.1 Å². The molecule has 3 aromatic rings. The average molecular weight is 625 g/mol. The van der Waals surface area contributed by atoms with Gasteiger partial charge in [-0.05, 0) is 55.3 Å². The van der Waals surface area contributed by atoms with Crippen LogP contribution in [0.3, 0.4) is 0 Å². The fraction of sp³-hybridized carbons (Fsp3) is 0.310. The van der Waals surface area contributed by atoms with Gasteiger partial charge in [0.15, 0.2) is 0 Å². The zero-order valence-corrected chi connectivity index (χ0v) is 25.4. The third-order valence-corrected chi connectivity index (χ3v) is 9.04. The highest BCUT2D eigenvalue weighted by Gasteiger charge is 2.34. The summed E-state index contributed by atoms with van der Waals surface area (Å²) in [5.74, 6) is -0.944. The number of carbonyl (C=O) groups excluding carboxylic acids is 2. The van der Waals surface area contributed by atoms with Gasteiger partial charge in [0.2, 0.25) is 11.8 Å². The summed E-state index contributed by atoms with van der Waals surface area (Å²) in [7, 11) is -4.18. The molecule has 214 valence electrons. The predicted molar refractivity (Wildman–Crippen MR) is 161 cm³/mol. The Morgan fingerprint density at radius 1 is 0.900 bits per heavy atom. The monoisotopic (exact) mass is 623 g/mol. The van der Waals surface area contributed by atoms with Crippen molar-refractivity contribution >= 4 is 62.3 Å². The molecule has 2 amide bonds. The number of hydrogen-bond donors (Lipinski definition) is 1. The van der Waals surface area contributed by atoms with Gasteiger partial charge in [-0.15, -0.1) is 0 Å². The fourth-order valence-corrected chi connectivity index (χ4v) is 6.29. The van der Waals surface area contributed by atoms with E-state index in [0.717, 1.165) is 17.1 Å². The first kappa shape index (κ1) is 31.7. The number of carbonyl (C=O) groups is 2. The quantitative estimate of drug-likeness (QED) is 0.218. The van der Waals surface area contributed by atoms with Crippen LogP contribution in [0, 0.1) is 0 Å². The van der Waals surface area contributed by atoms with E-state index in [1.54, 1.807) is 61.5 Å². The number of unbranched alkanes of at least 4 members (excludes halogenated alkanes) is 1. The highest BCUT2D eigenvalue weighted by molar-refractivity contribution is 7.92. The highest BCUT2D eigenvalue weighted by Crippen LogP contribution is 2.29. The Labute approximate surface area is 251 Å². The topological polar surface area (TPSA) is 86.8 Å². The fourth-order valence-electron chi connectivity index (χ4n) is 4.16. The standard InChI is InChI=1S/C29H32Cl3N3O4S/c1-3-5-17-33-29(37)27(4-2)34(19-24-25(31)15-10-16-26(24)32)28(36)20-35(22-12-9-11-21(30)18-22)40(38,39)23-13-7-6-8-14-23/h6-16,18,27H,3-5,17,19-20H2,1-2H3,(H,33,37)/t27-/m0/s1. The molecule has 0 aliphatic rings. The van der Waals surface area contributed by atoms with Gasteiger partial charge in [0.25, 0.3) is 10.0 Å². The summed E-state index contributed by atoms with van der Waals surface area (Å²) in [6, 6.07) is 18.1. The number of nitrogens with one attached hydrogen (secondary N) is 1. The van der Waals surface area contributed by atoms with Crippen molar-refractivity contribution in [3.05, 3.63) is 93.4 Å². The minimum Gasteiger partial charge on any atom is -0.354 e. The van der Waals surface area contributed by atoms with Crippen molar-refractivity contribution in [2.45, 2.75) is 50.6 Å². The van der Waals surface area contributed by atoms with Crippen molar-refractivity contribution in [2.75, 3.05) is 17.4 Å². The molecular formula is C29H32Cl3N3O4S. The Hall–Kier alpha value is -2.78. The maximum Gasteiger partial charge on any atom is 0.264 e. The van der Waals surface area contributed by atoms with E-state index < -0.39 is 28.5 Å². The Bertz CT molecular complexity index is 1400. The van der Waals surface area contributed by atoms with Crippen LogP contribution in [0.1, 0.15) is 38.7 Å². The number of sulfonamides is 1. The molecule has 0 fully saturated rings. The summed E-state index contributed by atoms with van der Waals surface area (Å²) in [5, 5.41) is 3.85. The summed E-state index contributed by atoms with van der Waals surface area (Å²) in [5.41, 5.74) is 0.667. The molecule has 1 N–H and O–H groups in total. The maximum atomic E-state index is 14.1. The molecular weight excluding hydrogens is 593 g/mol. The number of hydrogen-bond acceptors (Lipinski definition) is 4. The molecule has 0 heterocycles. The zero-order valence-electron chi connectivity index (χ0n) is 22.3. The minimum absolute atomic E-state index is 0.00724. The molecule has 0 radical (unpaired) electrons. The third kappa shape index (κ3) is 7.91. The third-order valence-electron chi connectivity index (χ3n) is 6.31. The second-order valence-electron chi connectivity index (χ2n) is 9.10. The van der Waals surface area contributed by atoms with Gasteiger partial charge in [-0.2, -0.15) is 0 Å². The lowest BCUT2D eigenvalue weighted by Gasteiger charge is -2.33. The van der Waals surface area contributed by atoms with Gasteiger partial charge in [0.05, 0.1) is 10.6 Å². The summed E-state index contributed by atoms with van der Waals surface area (Å²) >= 11 is 19.1. The Morgan fingerprint density at radius 3 is 2.15 bits per heavy atom. The Kier molecular flexibility index (Phi) is 11.7. The van der Waals surface area contributed by atoms with Crippen molar-refractivity contribution in [3.63, 3.8) is 0 Å². The first-order valence-corrected chi connectivity index (χ1v) is 15.5. The molecule has 11 heteroatoms. The predicted octanol–water partition coefficient (Wildman–Crippen LogP) is 6.57. The number of amides is 2. The summed E-state index contributed by atoms with van der Waals surface area (Å²) in [6.45, 7) is 3.58. The van der Waals surface area contributed by atoms with Crippen molar-refractivity contribution in [3.8, 4) is 0 Å². The van der Waals surface area contributed by atoms with E-state index in [9.17, 15) is 18.0 Å². The molecule has 0 saturated heterocycles. The molecule has 0 saturated carbocycles. The summed E-state index contributed by atoms with van der Waals surface area (Å²) < 4.78 is 28.6. The molecule has 0 aliphatic carbocycles. The largest absolute Gasteiger partial charge is 0.354 e. The van der Waals surface area contributed by atoms with Gasteiger partial charge in [0.1, 0.15) is 12.6 Å². The molecule has 7 nitrogen and oxygen atoms in total. The number of anilines is 1. The molecule has 3 rings (SSSR count). The van der Waals surface area contributed by atoms with Crippen LogP contribution in [-0.2, 0) is 26.2 Å². The lowest BCUT2D eigenvalue weighted by atomic mass is 10.1. The van der Waals surface area contributed by atoms with E-state index in [0.29, 0.717) is 27.2 Å². The minimum atomic E-state index is -4.18. The lowest BCUT2D eigenvalue weighted by Crippen LogP contribution is -2.52. The van der Waals surface area contributed by atoms with Crippen LogP contribution in [0.25, 0.3) is 0 Å². The van der Waals surface area contributed by atoms with Crippen LogP contribution >= 0.6 is 34.8 Å². The van der Waals surface area contributed by atoms with E-state index >= 15 is 0 Å². The number of benzene rings is 3.